The van der Waals surface area contributed by atoms with E-state index in [4.69, 9.17) is 5.84 Å². The number of hydrogen-bond acceptors (Lipinski definition) is 6. The number of benzene rings is 2. The lowest BCUT2D eigenvalue weighted by molar-refractivity contribution is -0.385. The lowest BCUT2D eigenvalue weighted by Gasteiger charge is -2.28. The molecule has 0 bridgehead atoms. The lowest BCUT2D eigenvalue weighted by Crippen LogP contribution is -2.43. The smallest absolute Gasteiger partial charge is 0.270 e. The fourth-order valence-electron chi connectivity index (χ4n) is 2.88. The molecule has 0 radical (unpaired) electrons. The molecule has 0 aliphatic carbocycles. The van der Waals surface area contributed by atoms with Crippen molar-refractivity contribution in [3.8, 4) is 0 Å². The molecule has 0 aliphatic heterocycles. The standard InChI is InChI=1S/C18H22N4O5S/c1-3-13-7-5-8-14(4-2)18(13)21(12-17(23)20-19)28(26,27)16-10-6-9-15(11-16)22(24)25/h5-11H,3-4,12,19H2,1-2H3,(H,20,23). The molecule has 150 valence electrons. The van der Waals surface area contributed by atoms with E-state index < -0.39 is 27.4 Å². The maximum Gasteiger partial charge on any atom is 0.270 e. The molecule has 3 N–H and O–H groups in total. The van der Waals surface area contributed by atoms with Gasteiger partial charge in [0.1, 0.15) is 6.54 Å². The molecule has 0 spiro atoms. The zero-order valence-corrected chi connectivity index (χ0v) is 16.4. The summed E-state index contributed by atoms with van der Waals surface area (Å²) in [6, 6.07) is 10.1. The molecule has 2 aromatic carbocycles. The van der Waals surface area contributed by atoms with Crippen LogP contribution in [0.3, 0.4) is 0 Å². The molecule has 0 atom stereocenters. The van der Waals surface area contributed by atoms with E-state index in [-0.39, 0.29) is 10.6 Å². The van der Waals surface area contributed by atoms with Gasteiger partial charge < -0.3 is 0 Å². The number of aryl methyl sites for hydroxylation is 2. The number of nitrogens with one attached hydrogen (secondary N) is 1. The first-order valence-electron chi connectivity index (χ1n) is 8.63. The molecule has 2 rings (SSSR count). The zero-order chi connectivity index (χ0) is 20.9. The first-order chi connectivity index (χ1) is 13.3. The highest BCUT2D eigenvalue weighted by molar-refractivity contribution is 7.92. The number of hydrogen-bond donors (Lipinski definition) is 2. The highest BCUT2D eigenvalue weighted by atomic mass is 32.2. The van der Waals surface area contributed by atoms with E-state index in [9.17, 15) is 23.3 Å². The summed E-state index contributed by atoms with van der Waals surface area (Å²) in [5, 5.41) is 11.1. The molecule has 10 heteroatoms. The van der Waals surface area contributed by atoms with Crippen molar-refractivity contribution >= 4 is 27.3 Å². The van der Waals surface area contributed by atoms with Gasteiger partial charge in [0.15, 0.2) is 0 Å². The summed E-state index contributed by atoms with van der Waals surface area (Å²) in [4.78, 5) is 22.1. The van der Waals surface area contributed by atoms with Crippen LogP contribution in [-0.2, 0) is 27.7 Å². The van der Waals surface area contributed by atoms with Crippen molar-refractivity contribution < 1.29 is 18.1 Å². The fourth-order valence-corrected chi connectivity index (χ4v) is 4.42. The van der Waals surface area contributed by atoms with Crippen LogP contribution in [0, 0.1) is 10.1 Å². The number of sulfonamides is 1. The Hall–Kier alpha value is -2.98. The normalized spacial score (nSPS) is 11.1. The van der Waals surface area contributed by atoms with E-state index >= 15 is 0 Å². The number of amides is 1. The summed E-state index contributed by atoms with van der Waals surface area (Å²) in [6.45, 7) is 3.20. The van der Waals surface area contributed by atoms with Crippen LogP contribution < -0.4 is 15.6 Å². The van der Waals surface area contributed by atoms with Crippen molar-refractivity contribution in [3.05, 3.63) is 63.7 Å². The van der Waals surface area contributed by atoms with Crippen LogP contribution in [0.4, 0.5) is 11.4 Å². The van der Waals surface area contributed by atoms with Gasteiger partial charge in [-0.3, -0.25) is 24.6 Å². The van der Waals surface area contributed by atoms with Crippen LogP contribution in [0.25, 0.3) is 0 Å². The number of nitrogens with zero attached hydrogens (tertiary/aromatic N) is 2. The van der Waals surface area contributed by atoms with Gasteiger partial charge in [-0.15, -0.1) is 0 Å². The molecular weight excluding hydrogens is 384 g/mol. The third kappa shape index (κ3) is 4.29. The molecule has 28 heavy (non-hydrogen) atoms. The number of nitro benzene ring substituents is 1. The Labute approximate surface area is 163 Å². The van der Waals surface area contributed by atoms with Crippen molar-refractivity contribution in [2.24, 2.45) is 5.84 Å². The number of rotatable bonds is 8. The number of carbonyl (C=O) groups excluding carboxylic acids is 1. The quantitative estimate of drug-likeness (QED) is 0.297. The van der Waals surface area contributed by atoms with Gasteiger partial charge in [-0.1, -0.05) is 38.1 Å². The highest BCUT2D eigenvalue weighted by Crippen LogP contribution is 2.32. The summed E-state index contributed by atoms with van der Waals surface area (Å²) in [5.74, 6) is 4.47. The third-order valence-electron chi connectivity index (χ3n) is 4.28. The minimum atomic E-state index is -4.27. The number of nitro groups is 1. The molecule has 0 saturated heterocycles. The SMILES string of the molecule is CCc1cccc(CC)c1N(CC(=O)NN)S(=O)(=O)c1cccc([N+](=O)[O-])c1. The van der Waals surface area contributed by atoms with Gasteiger partial charge in [0.2, 0.25) is 0 Å². The predicted molar refractivity (Wildman–Crippen MR) is 105 cm³/mol. The molecule has 0 fully saturated rings. The highest BCUT2D eigenvalue weighted by Gasteiger charge is 2.31. The second-order valence-electron chi connectivity index (χ2n) is 5.97. The molecule has 0 saturated carbocycles. The molecule has 0 aromatic heterocycles. The Bertz CT molecular complexity index is 969. The summed E-state index contributed by atoms with van der Waals surface area (Å²) in [7, 11) is -4.27. The average molecular weight is 406 g/mol. The topological polar surface area (TPSA) is 136 Å². The number of hydrazine groups is 1. The van der Waals surface area contributed by atoms with E-state index in [0.29, 0.717) is 18.5 Å². The summed E-state index contributed by atoms with van der Waals surface area (Å²) in [6.07, 6.45) is 1.07. The molecule has 1 amide bonds. The minimum Gasteiger partial charge on any atom is -0.293 e. The average Bonchev–Trinajstić information content (AvgIpc) is 2.71. The second-order valence-corrected chi connectivity index (χ2v) is 7.83. The van der Waals surface area contributed by atoms with Gasteiger partial charge in [0.25, 0.3) is 21.6 Å². The second kappa shape index (κ2) is 8.81. The molecule has 0 heterocycles. The fraction of sp³-hybridized carbons (Fsp3) is 0.278. The zero-order valence-electron chi connectivity index (χ0n) is 15.6. The molecule has 9 nitrogen and oxygen atoms in total. The first kappa shape index (κ1) is 21.3. The summed E-state index contributed by atoms with van der Waals surface area (Å²) in [5.41, 5.74) is 3.44. The molecule has 2 aromatic rings. The number of carbonyl (C=O) groups is 1. The van der Waals surface area contributed by atoms with Crippen molar-refractivity contribution in [1.29, 1.82) is 0 Å². The van der Waals surface area contributed by atoms with Gasteiger partial charge in [-0.25, -0.2) is 14.3 Å². The number of non-ortho nitro benzene ring substituents is 1. The summed E-state index contributed by atoms with van der Waals surface area (Å²) < 4.78 is 27.7. The van der Waals surface area contributed by atoms with Crippen LogP contribution in [0.15, 0.2) is 47.4 Å². The minimum absolute atomic E-state index is 0.278. The Balaban J connectivity index is 2.73. The molecule has 0 unspecified atom stereocenters. The van der Waals surface area contributed by atoms with E-state index in [0.717, 1.165) is 21.5 Å². The summed E-state index contributed by atoms with van der Waals surface area (Å²) >= 11 is 0. The largest absolute Gasteiger partial charge is 0.293 e. The Morgan fingerprint density at radius 2 is 1.71 bits per heavy atom. The lowest BCUT2D eigenvalue weighted by atomic mass is 10.0. The van der Waals surface area contributed by atoms with Crippen molar-refractivity contribution in [2.45, 2.75) is 31.6 Å². The first-order valence-corrected chi connectivity index (χ1v) is 10.1. The van der Waals surface area contributed by atoms with E-state index in [1.807, 2.05) is 25.3 Å². The monoisotopic (exact) mass is 406 g/mol. The number of nitrogens with two attached hydrogens (primary N) is 1. The predicted octanol–water partition coefficient (Wildman–Crippen LogP) is 1.90. The van der Waals surface area contributed by atoms with Crippen LogP contribution in [0.2, 0.25) is 0 Å². The molecular formula is C18H22N4O5S. The van der Waals surface area contributed by atoms with Crippen LogP contribution in [-0.4, -0.2) is 25.8 Å². The van der Waals surface area contributed by atoms with E-state index in [1.165, 1.54) is 18.2 Å². The van der Waals surface area contributed by atoms with Gasteiger partial charge >= 0.3 is 0 Å². The van der Waals surface area contributed by atoms with Gasteiger partial charge in [0.05, 0.1) is 15.5 Å². The van der Waals surface area contributed by atoms with Crippen molar-refractivity contribution in [3.63, 3.8) is 0 Å². The Morgan fingerprint density at radius 1 is 1.14 bits per heavy atom. The third-order valence-corrected chi connectivity index (χ3v) is 6.02. The van der Waals surface area contributed by atoms with Crippen molar-refractivity contribution in [1.82, 2.24) is 5.43 Å². The van der Waals surface area contributed by atoms with Crippen molar-refractivity contribution in [2.75, 3.05) is 10.8 Å². The van der Waals surface area contributed by atoms with Gasteiger partial charge in [-0.05, 0) is 30.0 Å². The number of anilines is 1. The number of para-hydroxylation sites is 1. The maximum absolute atomic E-state index is 13.4. The van der Waals surface area contributed by atoms with Gasteiger partial charge in [0, 0.05) is 12.1 Å². The van der Waals surface area contributed by atoms with E-state index in [2.05, 4.69) is 0 Å². The maximum atomic E-state index is 13.4. The Morgan fingerprint density at radius 3 is 2.21 bits per heavy atom. The van der Waals surface area contributed by atoms with Gasteiger partial charge in [-0.2, -0.15) is 0 Å². The van der Waals surface area contributed by atoms with E-state index in [1.54, 1.807) is 12.1 Å². The van der Waals surface area contributed by atoms with Crippen LogP contribution >= 0.6 is 0 Å². The van der Waals surface area contributed by atoms with Crippen LogP contribution in [0.5, 0.6) is 0 Å². The molecule has 0 aliphatic rings. The van der Waals surface area contributed by atoms with Crippen LogP contribution in [0.1, 0.15) is 25.0 Å². The Kier molecular flexibility index (Phi) is 6.71.